The fourth-order valence-corrected chi connectivity index (χ4v) is 2.97. The van der Waals surface area contributed by atoms with Gasteiger partial charge in [-0.2, -0.15) is 0 Å². The van der Waals surface area contributed by atoms with E-state index in [1.807, 2.05) is 11.0 Å². The van der Waals surface area contributed by atoms with E-state index in [9.17, 15) is 14.0 Å². The Morgan fingerprint density at radius 1 is 1.18 bits per heavy atom. The van der Waals surface area contributed by atoms with Crippen LogP contribution in [0.5, 0.6) is 0 Å². The summed E-state index contributed by atoms with van der Waals surface area (Å²) in [7, 11) is 3.08. The lowest BCUT2D eigenvalue weighted by Gasteiger charge is -2.32. The largest absolute Gasteiger partial charge is 0.363 e. The van der Waals surface area contributed by atoms with E-state index in [1.54, 1.807) is 13.1 Å². The van der Waals surface area contributed by atoms with Crippen molar-refractivity contribution in [3.8, 4) is 0 Å². The maximum absolute atomic E-state index is 14.2. The summed E-state index contributed by atoms with van der Waals surface area (Å²) in [5.74, 6) is -0.258. The number of halogens is 1. The molecule has 0 bridgehead atoms. The first-order valence-corrected chi connectivity index (χ1v) is 7.27. The highest BCUT2D eigenvalue weighted by Gasteiger charge is 2.21. The van der Waals surface area contributed by atoms with E-state index in [0.29, 0.717) is 24.5 Å². The lowest BCUT2D eigenvalue weighted by atomic mass is 10.0. The van der Waals surface area contributed by atoms with Crippen LogP contribution in [0.15, 0.2) is 33.9 Å². The van der Waals surface area contributed by atoms with Gasteiger partial charge in [-0.05, 0) is 24.5 Å². The van der Waals surface area contributed by atoms with Crippen molar-refractivity contribution in [2.75, 3.05) is 11.4 Å². The van der Waals surface area contributed by atoms with Crippen molar-refractivity contribution in [2.45, 2.75) is 19.4 Å². The third kappa shape index (κ3) is 2.34. The molecular formula is C16H18FN3O2. The van der Waals surface area contributed by atoms with Crippen LogP contribution in [-0.2, 0) is 27.1 Å². The second-order valence-electron chi connectivity index (χ2n) is 5.65. The van der Waals surface area contributed by atoms with Gasteiger partial charge in [0.15, 0.2) is 0 Å². The van der Waals surface area contributed by atoms with Gasteiger partial charge in [0.25, 0.3) is 5.56 Å². The van der Waals surface area contributed by atoms with Gasteiger partial charge in [0.2, 0.25) is 0 Å². The van der Waals surface area contributed by atoms with Gasteiger partial charge in [-0.3, -0.25) is 13.9 Å². The molecule has 1 aliphatic rings. The van der Waals surface area contributed by atoms with Crippen LogP contribution in [0.4, 0.5) is 10.1 Å². The number of aryl methyl sites for hydroxylation is 1. The Balaban J connectivity index is 2.03. The highest BCUT2D eigenvalue weighted by molar-refractivity contribution is 5.56. The number of anilines is 1. The van der Waals surface area contributed by atoms with Crippen LogP contribution >= 0.6 is 0 Å². The smallest absolute Gasteiger partial charge is 0.330 e. The molecule has 116 valence electrons. The SMILES string of the molecule is Cn1c(CN2CCCc3cccc(F)c32)cc(=O)n(C)c1=O. The fraction of sp³-hybridized carbons (Fsp3) is 0.375. The second-order valence-corrected chi connectivity index (χ2v) is 5.65. The Kier molecular flexibility index (Phi) is 3.60. The molecule has 0 saturated carbocycles. The zero-order valence-corrected chi connectivity index (χ0v) is 12.7. The van der Waals surface area contributed by atoms with Crippen LogP contribution in [0, 0.1) is 5.82 Å². The van der Waals surface area contributed by atoms with E-state index in [4.69, 9.17) is 0 Å². The van der Waals surface area contributed by atoms with Crippen LogP contribution in [0.25, 0.3) is 0 Å². The molecule has 0 amide bonds. The van der Waals surface area contributed by atoms with Crippen molar-refractivity contribution in [1.29, 1.82) is 0 Å². The molecule has 2 heterocycles. The van der Waals surface area contributed by atoms with Gasteiger partial charge in [-0.15, -0.1) is 0 Å². The predicted molar refractivity (Wildman–Crippen MR) is 82.7 cm³/mol. The summed E-state index contributed by atoms with van der Waals surface area (Å²) in [6.45, 7) is 1.05. The minimum Gasteiger partial charge on any atom is -0.363 e. The minimum atomic E-state index is -0.367. The first-order valence-electron chi connectivity index (χ1n) is 7.27. The molecule has 0 atom stereocenters. The monoisotopic (exact) mass is 303 g/mol. The Morgan fingerprint density at radius 3 is 2.73 bits per heavy atom. The molecule has 3 rings (SSSR count). The highest BCUT2D eigenvalue weighted by atomic mass is 19.1. The number of benzene rings is 1. The predicted octanol–water partition coefficient (Wildman–Crippen LogP) is 1.18. The number of fused-ring (bicyclic) bond motifs is 1. The summed E-state index contributed by atoms with van der Waals surface area (Å²) in [6.07, 6.45) is 1.77. The third-order valence-electron chi connectivity index (χ3n) is 4.24. The summed E-state index contributed by atoms with van der Waals surface area (Å²) < 4.78 is 16.7. The summed E-state index contributed by atoms with van der Waals surface area (Å²) in [6, 6.07) is 6.52. The molecular weight excluding hydrogens is 285 g/mol. The molecule has 0 fully saturated rings. The molecule has 5 nitrogen and oxygen atoms in total. The average molecular weight is 303 g/mol. The molecule has 0 aliphatic carbocycles. The molecule has 0 N–H and O–H groups in total. The van der Waals surface area contributed by atoms with Crippen LogP contribution in [-0.4, -0.2) is 15.7 Å². The Labute approximate surface area is 127 Å². The van der Waals surface area contributed by atoms with Gasteiger partial charge < -0.3 is 4.90 Å². The van der Waals surface area contributed by atoms with Gasteiger partial charge in [-0.1, -0.05) is 12.1 Å². The van der Waals surface area contributed by atoms with Crippen LogP contribution < -0.4 is 16.1 Å². The average Bonchev–Trinajstić information content (AvgIpc) is 2.51. The van der Waals surface area contributed by atoms with E-state index in [1.165, 1.54) is 23.7 Å². The standard InChI is InChI=1S/C16H18FN3O2/c1-18-12(9-14(21)19(2)16(18)22)10-20-8-4-6-11-5-3-7-13(17)15(11)20/h3,5,7,9H,4,6,8,10H2,1-2H3. The zero-order chi connectivity index (χ0) is 15.9. The number of aromatic nitrogens is 2. The zero-order valence-electron chi connectivity index (χ0n) is 12.7. The van der Waals surface area contributed by atoms with Gasteiger partial charge >= 0.3 is 5.69 Å². The quantitative estimate of drug-likeness (QED) is 0.837. The molecule has 0 saturated heterocycles. The van der Waals surface area contributed by atoms with Gasteiger partial charge in [0.05, 0.1) is 12.2 Å². The Hall–Kier alpha value is -2.37. The van der Waals surface area contributed by atoms with E-state index >= 15 is 0 Å². The van der Waals surface area contributed by atoms with Crippen molar-refractivity contribution < 1.29 is 4.39 Å². The molecule has 1 aromatic carbocycles. The van der Waals surface area contributed by atoms with Gasteiger partial charge in [0.1, 0.15) is 5.82 Å². The summed E-state index contributed by atoms with van der Waals surface area (Å²) in [5, 5.41) is 0. The lowest BCUT2D eigenvalue weighted by Crippen LogP contribution is -2.40. The summed E-state index contributed by atoms with van der Waals surface area (Å²) >= 11 is 0. The van der Waals surface area contributed by atoms with Crippen LogP contribution in [0.1, 0.15) is 17.7 Å². The molecule has 0 unspecified atom stereocenters. The van der Waals surface area contributed by atoms with Crippen molar-refractivity contribution in [2.24, 2.45) is 14.1 Å². The van der Waals surface area contributed by atoms with E-state index in [2.05, 4.69) is 0 Å². The number of hydrogen-bond donors (Lipinski definition) is 0. The summed E-state index contributed by atoms with van der Waals surface area (Å²) in [4.78, 5) is 25.7. The normalized spacial score (nSPS) is 14.0. The Morgan fingerprint density at radius 2 is 1.95 bits per heavy atom. The maximum Gasteiger partial charge on any atom is 0.330 e. The first-order chi connectivity index (χ1) is 10.5. The molecule has 1 aromatic heterocycles. The van der Waals surface area contributed by atoms with Crippen LogP contribution in [0.3, 0.4) is 0 Å². The number of para-hydroxylation sites is 1. The van der Waals surface area contributed by atoms with Crippen LogP contribution in [0.2, 0.25) is 0 Å². The molecule has 6 heteroatoms. The molecule has 22 heavy (non-hydrogen) atoms. The third-order valence-corrected chi connectivity index (χ3v) is 4.24. The van der Waals surface area contributed by atoms with Crippen molar-refractivity contribution >= 4 is 5.69 Å². The summed E-state index contributed by atoms with van der Waals surface area (Å²) in [5.41, 5.74) is 1.43. The molecule has 2 aromatic rings. The first kappa shape index (κ1) is 14.6. The topological polar surface area (TPSA) is 47.2 Å². The second kappa shape index (κ2) is 5.44. The number of hydrogen-bond acceptors (Lipinski definition) is 3. The van der Waals surface area contributed by atoms with E-state index < -0.39 is 0 Å². The maximum atomic E-state index is 14.2. The highest BCUT2D eigenvalue weighted by Crippen LogP contribution is 2.30. The van der Waals surface area contributed by atoms with Gasteiger partial charge in [-0.25, -0.2) is 9.18 Å². The van der Waals surface area contributed by atoms with Crippen molar-refractivity contribution in [1.82, 2.24) is 9.13 Å². The lowest BCUT2D eigenvalue weighted by molar-refractivity contribution is 0.581. The van der Waals surface area contributed by atoms with Gasteiger partial charge in [0, 0.05) is 32.4 Å². The molecule has 0 radical (unpaired) electrons. The number of nitrogens with zero attached hydrogens (tertiary/aromatic N) is 3. The minimum absolute atomic E-state index is 0.258. The number of rotatable bonds is 2. The van der Waals surface area contributed by atoms with E-state index in [-0.39, 0.29) is 17.1 Å². The van der Waals surface area contributed by atoms with Crippen molar-refractivity contribution in [3.63, 3.8) is 0 Å². The Bertz CT molecular complexity index is 838. The fourth-order valence-electron chi connectivity index (χ4n) is 2.97. The van der Waals surface area contributed by atoms with Crippen molar-refractivity contribution in [3.05, 3.63) is 62.2 Å². The molecule has 0 spiro atoms. The molecule has 1 aliphatic heterocycles. The van der Waals surface area contributed by atoms with E-state index in [0.717, 1.165) is 23.0 Å².